The number of H-pyrrole nitrogens is 1. The Bertz CT molecular complexity index is 772. The molecule has 2 saturated heterocycles. The van der Waals surface area contributed by atoms with Gasteiger partial charge in [-0.1, -0.05) is 18.2 Å². The summed E-state index contributed by atoms with van der Waals surface area (Å²) >= 11 is 0. The molecule has 0 spiro atoms. The van der Waals surface area contributed by atoms with Crippen molar-refractivity contribution in [3.05, 3.63) is 36.0 Å². The van der Waals surface area contributed by atoms with E-state index in [1.165, 1.54) is 10.9 Å². The molecule has 4 rings (SSSR count). The average Bonchev–Trinajstić information content (AvgIpc) is 2.89. The second kappa shape index (κ2) is 5.37. The predicted octanol–water partition coefficient (Wildman–Crippen LogP) is 1.65. The third-order valence-corrected chi connectivity index (χ3v) is 7.30. The first-order valence-corrected chi connectivity index (χ1v) is 9.42. The molecule has 0 saturated carbocycles. The molecule has 0 radical (unpaired) electrons. The SMILES string of the molecule is O=S(=O)(C1CNC1)N1CCC(c2c[nH]c3ccccc23)CC1. The fourth-order valence-electron chi connectivity index (χ4n) is 3.54. The van der Waals surface area contributed by atoms with Crippen molar-refractivity contribution >= 4 is 20.9 Å². The minimum absolute atomic E-state index is 0.211. The van der Waals surface area contributed by atoms with E-state index in [1.54, 1.807) is 4.31 Å². The fraction of sp³-hybridized carbons (Fsp3) is 0.500. The van der Waals surface area contributed by atoms with Crippen LogP contribution >= 0.6 is 0 Å². The molecule has 2 aliphatic heterocycles. The van der Waals surface area contributed by atoms with Gasteiger partial charge in [-0.25, -0.2) is 12.7 Å². The minimum Gasteiger partial charge on any atom is -0.361 e. The number of hydrogen-bond donors (Lipinski definition) is 2. The van der Waals surface area contributed by atoms with Gasteiger partial charge in [-0.05, 0) is 30.4 Å². The first-order valence-electron chi connectivity index (χ1n) is 7.92. The van der Waals surface area contributed by atoms with E-state index in [0.717, 1.165) is 18.4 Å². The Morgan fingerprint density at radius 3 is 2.50 bits per heavy atom. The van der Waals surface area contributed by atoms with Gasteiger partial charge < -0.3 is 10.3 Å². The highest BCUT2D eigenvalue weighted by Crippen LogP contribution is 2.34. The zero-order chi connectivity index (χ0) is 15.2. The number of piperidine rings is 1. The number of sulfonamides is 1. The van der Waals surface area contributed by atoms with Crippen molar-refractivity contribution < 1.29 is 8.42 Å². The van der Waals surface area contributed by atoms with E-state index in [-0.39, 0.29) is 5.25 Å². The Morgan fingerprint density at radius 2 is 1.82 bits per heavy atom. The molecule has 0 unspecified atom stereocenters. The first kappa shape index (κ1) is 14.2. The second-order valence-corrected chi connectivity index (χ2v) is 8.50. The van der Waals surface area contributed by atoms with Crippen LogP contribution in [-0.4, -0.2) is 49.1 Å². The van der Waals surface area contributed by atoms with Crippen LogP contribution in [0.3, 0.4) is 0 Å². The van der Waals surface area contributed by atoms with Crippen molar-refractivity contribution in [2.45, 2.75) is 24.0 Å². The van der Waals surface area contributed by atoms with Crippen molar-refractivity contribution in [2.24, 2.45) is 0 Å². The van der Waals surface area contributed by atoms with Gasteiger partial charge in [0.05, 0.1) is 0 Å². The topological polar surface area (TPSA) is 65.2 Å². The van der Waals surface area contributed by atoms with Crippen LogP contribution in [0.4, 0.5) is 0 Å². The summed E-state index contributed by atoms with van der Waals surface area (Å²) in [7, 11) is -3.10. The minimum atomic E-state index is -3.10. The lowest BCUT2D eigenvalue weighted by Crippen LogP contribution is -2.56. The van der Waals surface area contributed by atoms with Crippen molar-refractivity contribution in [3.63, 3.8) is 0 Å². The molecule has 2 aliphatic rings. The maximum absolute atomic E-state index is 12.5. The van der Waals surface area contributed by atoms with E-state index in [1.807, 2.05) is 6.07 Å². The van der Waals surface area contributed by atoms with Gasteiger partial charge in [-0.3, -0.25) is 0 Å². The van der Waals surface area contributed by atoms with Crippen molar-refractivity contribution in [1.82, 2.24) is 14.6 Å². The van der Waals surface area contributed by atoms with Crippen molar-refractivity contribution in [3.8, 4) is 0 Å². The van der Waals surface area contributed by atoms with Crippen LogP contribution in [0.15, 0.2) is 30.5 Å². The number of fused-ring (bicyclic) bond motifs is 1. The highest BCUT2D eigenvalue weighted by Gasteiger charge is 2.38. The predicted molar refractivity (Wildman–Crippen MR) is 87.4 cm³/mol. The normalized spacial score (nSPS) is 22.0. The first-order chi connectivity index (χ1) is 10.7. The van der Waals surface area contributed by atoms with E-state index >= 15 is 0 Å². The number of nitrogens with zero attached hydrogens (tertiary/aromatic N) is 1. The molecule has 1 aromatic heterocycles. The van der Waals surface area contributed by atoms with Gasteiger partial charge in [-0.2, -0.15) is 0 Å². The van der Waals surface area contributed by atoms with Crippen molar-refractivity contribution in [1.29, 1.82) is 0 Å². The van der Waals surface area contributed by atoms with Crippen molar-refractivity contribution in [2.75, 3.05) is 26.2 Å². The molecule has 22 heavy (non-hydrogen) atoms. The molecule has 3 heterocycles. The van der Waals surface area contributed by atoms with Gasteiger partial charge in [0.1, 0.15) is 5.25 Å². The molecule has 1 aromatic carbocycles. The number of benzene rings is 1. The largest absolute Gasteiger partial charge is 0.361 e. The smallest absolute Gasteiger partial charge is 0.219 e. The molecule has 0 atom stereocenters. The summed E-state index contributed by atoms with van der Waals surface area (Å²) in [6, 6.07) is 8.32. The van der Waals surface area contributed by atoms with Crippen LogP contribution in [0, 0.1) is 0 Å². The van der Waals surface area contributed by atoms with E-state index in [9.17, 15) is 8.42 Å². The van der Waals surface area contributed by atoms with E-state index in [4.69, 9.17) is 0 Å². The molecule has 2 fully saturated rings. The monoisotopic (exact) mass is 319 g/mol. The van der Waals surface area contributed by atoms with E-state index < -0.39 is 10.0 Å². The second-order valence-electron chi connectivity index (χ2n) is 6.29. The third-order valence-electron chi connectivity index (χ3n) is 5.04. The summed E-state index contributed by atoms with van der Waals surface area (Å²) in [5.74, 6) is 0.446. The van der Waals surface area contributed by atoms with E-state index in [0.29, 0.717) is 32.1 Å². The number of aromatic amines is 1. The number of nitrogens with one attached hydrogen (secondary N) is 2. The molecule has 118 valence electrons. The van der Waals surface area contributed by atoms with Crippen LogP contribution in [0.5, 0.6) is 0 Å². The standard InChI is InChI=1S/C16H21N3O2S/c20-22(21,13-9-17-10-13)19-7-5-12(6-8-19)15-11-18-16-4-2-1-3-14(15)16/h1-4,11-13,17-18H,5-10H2. The molecular formula is C16H21N3O2S. The molecule has 0 amide bonds. The quantitative estimate of drug-likeness (QED) is 0.904. The van der Waals surface area contributed by atoms with E-state index in [2.05, 4.69) is 34.7 Å². The number of para-hydroxylation sites is 1. The lowest BCUT2D eigenvalue weighted by atomic mass is 9.90. The highest BCUT2D eigenvalue weighted by molar-refractivity contribution is 7.89. The number of aromatic nitrogens is 1. The summed E-state index contributed by atoms with van der Waals surface area (Å²) in [4.78, 5) is 3.32. The van der Waals surface area contributed by atoms with Crippen LogP contribution in [0.25, 0.3) is 10.9 Å². The summed E-state index contributed by atoms with van der Waals surface area (Å²) in [5.41, 5.74) is 2.49. The Hall–Kier alpha value is -1.37. The van der Waals surface area contributed by atoms with Crippen LogP contribution in [0.1, 0.15) is 24.3 Å². The van der Waals surface area contributed by atoms with Crippen LogP contribution in [0.2, 0.25) is 0 Å². The molecule has 6 heteroatoms. The van der Waals surface area contributed by atoms with Gasteiger partial charge in [0, 0.05) is 43.3 Å². The van der Waals surface area contributed by atoms with Gasteiger partial charge >= 0.3 is 0 Å². The Morgan fingerprint density at radius 1 is 1.09 bits per heavy atom. The zero-order valence-electron chi connectivity index (χ0n) is 12.5. The molecule has 2 N–H and O–H groups in total. The average molecular weight is 319 g/mol. The Labute approximate surface area is 130 Å². The van der Waals surface area contributed by atoms with Gasteiger partial charge in [-0.15, -0.1) is 0 Å². The Kier molecular flexibility index (Phi) is 3.47. The Balaban J connectivity index is 1.50. The fourth-order valence-corrected chi connectivity index (χ4v) is 5.33. The molecular weight excluding hydrogens is 298 g/mol. The summed E-state index contributed by atoms with van der Waals surface area (Å²) in [5, 5.41) is 4.11. The molecule has 0 aliphatic carbocycles. The maximum Gasteiger partial charge on any atom is 0.219 e. The molecule has 0 bridgehead atoms. The van der Waals surface area contributed by atoms with Crippen LogP contribution < -0.4 is 5.32 Å². The summed E-state index contributed by atoms with van der Waals surface area (Å²) < 4.78 is 26.6. The molecule has 5 nitrogen and oxygen atoms in total. The third kappa shape index (κ3) is 2.26. The number of hydrogen-bond acceptors (Lipinski definition) is 3. The number of rotatable bonds is 3. The van der Waals surface area contributed by atoms with Gasteiger partial charge in [0.25, 0.3) is 0 Å². The highest BCUT2D eigenvalue weighted by atomic mass is 32.2. The lowest BCUT2D eigenvalue weighted by Gasteiger charge is -2.36. The lowest BCUT2D eigenvalue weighted by molar-refractivity contribution is 0.311. The van der Waals surface area contributed by atoms with Crippen LogP contribution in [-0.2, 0) is 10.0 Å². The van der Waals surface area contributed by atoms with Gasteiger partial charge in [0.2, 0.25) is 10.0 Å². The van der Waals surface area contributed by atoms with Gasteiger partial charge in [0.15, 0.2) is 0 Å². The summed E-state index contributed by atoms with van der Waals surface area (Å²) in [6.45, 7) is 2.49. The molecule has 2 aromatic rings. The maximum atomic E-state index is 12.5. The summed E-state index contributed by atoms with van der Waals surface area (Å²) in [6.07, 6.45) is 3.90. The zero-order valence-corrected chi connectivity index (χ0v) is 13.3.